The van der Waals surface area contributed by atoms with Crippen molar-refractivity contribution in [3.8, 4) is 5.69 Å². The summed E-state index contributed by atoms with van der Waals surface area (Å²) >= 11 is 0. The van der Waals surface area contributed by atoms with Crippen molar-refractivity contribution in [1.82, 2.24) is 30.0 Å². The van der Waals surface area contributed by atoms with Crippen LogP contribution in [0.4, 0.5) is 10.6 Å². The lowest BCUT2D eigenvalue weighted by Gasteiger charge is -2.35. The molecule has 1 aliphatic heterocycles. The molecule has 1 fully saturated rings. The minimum atomic E-state index is 0.00257. The Bertz CT molecular complexity index is 1090. The number of nitrogens with zero attached hydrogens (tertiary/aromatic N) is 6. The summed E-state index contributed by atoms with van der Waals surface area (Å²) in [6.45, 7) is 9.82. The molecule has 2 amide bonds. The summed E-state index contributed by atoms with van der Waals surface area (Å²) in [6, 6.07) is 8.24. The van der Waals surface area contributed by atoms with Gasteiger partial charge in [-0.2, -0.15) is 5.10 Å². The molecular formula is C23H31N7O2. The largest absolute Gasteiger partial charge is 0.377 e. The molecule has 170 valence electrons. The number of hydrogen-bond donors (Lipinski definition) is 1. The number of rotatable bonds is 6. The van der Waals surface area contributed by atoms with Crippen molar-refractivity contribution < 1.29 is 9.53 Å². The maximum absolute atomic E-state index is 12.3. The number of aryl methyl sites for hydroxylation is 2. The number of ether oxygens (including phenoxy) is 1. The van der Waals surface area contributed by atoms with Crippen LogP contribution in [0, 0.1) is 13.8 Å². The van der Waals surface area contributed by atoms with Gasteiger partial charge in [0.1, 0.15) is 12.4 Å². The molecule has 1 N–H and O–H groups in total. The number of piperazine rings is 1. The second kappa shape index (κ2) is 9.52. The van der Waals surface area contributed by atoms with E-state index in [2.05, 4.69) is 36.2 Å². The number of hydrogen-bond acceptors (Lipinski definition) is 6. The molecule has 9 heteroatoms. The van der Waals surface area contributed by atoms with Crippen molar-refractivity contribution in [3.05, 3.63) is 41.3 Å². The van der Waals surface area contributed by atoms with Crippen molar-refractivity contribution in [2.24, 2.45) is 0 Å². The fraction of sp³-hybridized carbons (Fsp3) is 0.478. The first-order valence-electron chi connectivity index (χ1n) is 11.1. The molecule has 0 atom stereocenters. The number of urea groups is 1. The molecule has 4 rings (SSSR count). The predicted molar refractivity (Wildman–Crippen MR) is 124 cm³/mol. The van der Waals surface area contributed by atoms with E-state index in [1.54, 1.807) is 7.11 Å². The molecule has 9 nitrogen and oxygen atoms in total. The fourth-order valence-corrected chi connectivity index (χ4v) is 3.96. The van der Waals surface area contributed by atoms with Gasteiger partial charge in [0.15, 0.2) is 11.5 Å². The number of anilines is 1. The Morgan fingerprint density at radius 1 is 1.09 bits per heavy atom. The Morgan fingerprint density at radius 3 is 2.47 bits per heavy atom. The lowest BCUT2D eigenvalue weighted by molar-refractivity contribution is 0.178. The summed E-state index contributed by atoms with van der Waals surface area (Å²) in [5.41, 5.74) is 3.80. The Morgan fingerprint density at radius 2 is 1.81 bits per heavy atom. The van der Waals surface area contributed by atoms with Gasteiger partial charge < -0.3 is 19.9 Å². The number of amides is 2. The minimum Gasteiger partial charge on any atom is -0.377 e. The highest BCUT2D eigenvalue weighted by Gasteiger charge is 2.26. The lowest BCUT2D eigenvalue weighted by Crippen LogP contribution is -2.52. The van der Waals surface area contributed by atoms with Crippen molar-refractivity contribution in [3.63, 3.8) is 0 Å². The van der Waals surface area contributed by atoms with E-state index < -0.39 is 0 Å². The summed E-state index contributed by atoms with van der Waals surface area (Å²) in [5, 5.41) is 8.69. The van der Waals surface area contributed by atoms with Gasteiger partial charge in [-0.25, -0.2) is 19.4 Å². The highest BCUT2D eigenvalue weighted by atomic mass is 16.5. The monoisotopic (exact) mass is 437 g/mol. The number of carbonyl (C=O) groups excluding carboxylic acids is 1. The van der Waals surface area contributed by atoms with E-state index in [4.69, 9.17) is 19.8 Å². The SMILES string of the molecule is CCCNC(=O)N1CCN(c2nc(COC)nc3c2c(C)nn3-c2ccc(C)cc2)CC1. The molecule has 1 aromatic carbocycles. The maximum atomic E-state index is 12.3. The van der Waals surface area contributed by atoms with Gasteiger partial charge >= 0.3 is 6.03 Å². The van der Waals surface area contributed by atoms with Crippen LogP contribution in [-0.2, 0) is 11.3 Å². The van der Waals surface area contributed by atoms with Crippen LogP contribution in [0.5, 0.6) is 0 Å². The molecular weight excluding hydrogens is 406 g/mol. The summed E-state index contributed by atoms with van der Waals surface area (Å²) in [7, 11) is 1.64. The first kappa shape index (κ1) is 22.0. The molecule has 0 saturated carbocycles. The second-order valence-corrected chi connectivity index (χ2v) is 8.13. The molecule has 0 bridgehead atoms. The van der Waals surface area contributed by atoms with Gasteiger partial charge in [-0.05, 0) is 32.4 Å². The topological polar surface area (TPSA) is 88.4 Å². The van der Waals surface area contributed by atoms with Gasteiger partial charge in [0.25, 0.3) is 0 Å². The number of carbonyl (C=O) groups is 1. The number of fused-ring (bicyclic) bond motifs is 1. The van der Waals surface area contributed by atoms with Crippen LogP contribution in [0.1, 0.15) is 30.4 Å². The first-order chi connectivity index (χ1) is 15.5. The summed E-state index contributed by atoms with van der Waals surface area (Å²) < 4.78 is 7.22. The highest BCUT2D eigenvalue weighted by Crippen LogP contribution is 2.30. The first-order valence-corrected chi connectivity index (χ1v) is 11.1. The molecule has 1 saturated heterocycles. The van der Waals surface area contributed by atoms with E-state index in [0.29, 0.717) is 45.2 Å². The van der Waals surface area contributed by atoms with Gasteiger partial charge in [0, 0.05) is 39.8 Å². The molecule has 3 aromatic rings. The van der Waals surface area contributed by atoms with E-state index in [1.807, 2.05) is 28.6 Å². The summed E-state index contributed by atoms with van der Waals surface area (Å²) in [4.78, 5) is 26.0. The zero-order chi connectivity index (χ0) is 22.7. The molecule has 0 spiro atoms. The van der Waals surface area contributed by atoms with Gasteiger partial charge in [0.05, 0.1) is 16.8 Å². The van der Waals surface area contributed by atoms with Crippen molar-refractivity contribution in [1.29, 1.82) is 0 Å². The van der Waals surface area contributed by atoms with Crippen molar-refractivity contribution in [2.75, 3.05) is 44.7 Å². The van der Waals surface area contributed by atoms with Gasteiger partial charge in [-0.3, -0.25) is 0 Å². The molecule has 32 heavy (non-hydrogen) atoms. The zero-order valence-electron chi connectivity index (χ0n) is 19.3. The zero-order valence-corrected chi connectivity index (χ0v) is 19.3. The Labute approximate surface area is 188 Å². The average Bonchev–Trinajstić information content (AvgIpc) is 3.14. The quantitative estimate of drug-likeness (QED) is 0.638. The third-order valence-corrected chi connectivity index (χ3v) is 5.67. The van der Waals surface area contributed by atoms with Crippen LogP contribution in [-0.4, -0.2) is 70.5 Å². The number of methoxy groups -OCH3 is 1. The van der Waals surface area contributed by atoms with Gasteiger partial charge in [0.2, 0.25) is 0 Å². The fourth-order valence-electron chi connectivity index (χ4n) is 3.96. The van der Waals surface area contributed by atoms with E-state index in [1.165, 1.54) is 5.56 Å². The number of nitrogens with one attached hydrogen (secondary N) is 1. The minimum absolute atomic E-state index is 0.00257. The van der Waals surface area contributed by atoms with Crippen LogP contribution in [0.25, 0.3) is 16.7 Å². The van der Waals surface area contributed by atoms with Gasteiger partial charge in [-0.1, -0.05) is 24.6 Å². The van der Waals surface area contributed by atoms with Crippen LogP contribution >= 0.6 is 0 Å². The van der Waals surface area contributed by atoms with E-state index in [0.717, 1.165) is 34.7 Å². The molecule has 0 radical (unpaired) electrons. The standard InChI is InChI=1S/C23H31N7O2/c1-5-10-24-23(31)29-13-11-28(12-14-29)21-20-17(3)27-30(18-8-6-16(2)7-9-18)22(20)26-19(25-21)15-32-4/h6-9H,5,10-15H2,1-4H3,(H,24,31). The van der Waals surface area contributed by atoms with Crippen LogP contribution in [0.2, 0.25) is 0 Å². The molecule has 0 aliphatic carbocycles. The third-order valence-electron chi connectivity index (χ3n) is 5.67. The average molecular weight is 438 g/mol. The smallest absolute Gasteiger partial charge is 0.317 e. The molecule has 2 aromatic heterocycles. The third kappa shape index (κ3) is 4.38. The lowest BCUT2D eigenvalue weighted by atomic mass is 10.2. The van der Waals surface area contributed by atoms with Crippen LogP contribution in [0.15, 0.2) is 24.3 Å². The van der Waals surface area contributed by atoms with Crippen LogP contribution in [0.3, 0.4) is 0 Å². The Kier molecular flexibility index (Phi) is 6.55. The van der Waals surface area contributed by atoms with E-state index in [9.17, 15) is 4.79 Å². The Balaban J connectivity index is 1.68. The van der Waals surface area contributed by atoms with Crippen molar-refractivity contribution >= 4 is 22.9 Å². The predicted octanol–water partition coefficient (Wildman–Crippen LogP) is 2.82. The second-order valence-electron chi connectivity index (χ2n) is 8.13. The van der Waals surface area contributed by atoms with E-state index >= 15 is 0 Å². The normalized spacial score (nSPS) is 14.2. The van der Waals surface area contributed by atoms with Crippen molar-refractivity contribution in [2.45, 2.75) is 33.8 Å². The number of aromatic nitrogens is 4. The van der Waals surface area contributed by atoms with Gasteiger partial charge in [-0.15, -0.1) is 0 Å². The molecule has 1 aliphatic rings. The highest BCUT2D eigenvalue weighted by molar-refractivity contribution is 5.91. The maximum Gasteiger partial charge on any atom is 0.317 e. The summed E-state index contributed by atoms with van der Waals surface area (Å²) in [5.74, 6) is 1.47. The molecule has 3 heterocycles. The molecule has 0 unspecified atom stereocenters. The van der Waals surface area contributed by atoms with E-state index in [-0.39, 0.29) is 6.03 Å². The Hall–Kier alpha value is -3.20. The number of benzene rings is 1. The van der Waals surface area contributed by atoms with Crippen LogP contribution < -0.4 is 10.2 Å². The summed E-state index contributed by atoms with van der Waals surface area (Å²) in [6.07, 6.45) is 0.928.